The number of hydrogen-bond acceptors (Lipinski definition) is 9. The molecule has 40 heavy (non-hydrogen) atoms. The van der Waals surface area contributed by atoms with E-state index in [9.17, 15) is 4.79 Å². The Morgan fingerprint density at radius 2 is 1.93 bits per heavy atom. The van der Waals surface area contributed by atoms with Gasteiger partial charge in [-0.15, -0.1) is 0 Å². The van der Waals surface area contributed by atoms with Crippen molar-refractivity contribution in [1.82, 2.24) is 29.0 Å². The van der Waals surface area contributed by atoms with Gasteiger partial charge in [0.2, 0.25) is 0 Å². The van der Waals surface area contributed by atoms with Gasteiger partial charge in [-0.05, 0) is 56.9 Å². The molecule has 3 rings (SSSR count). The summed E-state index contributed by atoms with van der Waals surface area (Å²) >= 11 is 1.40. The maximum absolute atomic E-state index is 12.0. The molecule has 0 spiro atoms. The maximum Gasteiger partial charge on any atom is 0.308 e. The monoisotopic (exact) mass is 571 g/mol. The van der Waals surface area contributed by atoms with Crippen LogP contribution in [0.2, 0.25) is 0 Å². The molecule has 9 nitrogen and oxygen atoms in total. The highest BCUT2D eigenvalue weighted by Crippen LogP contribution is 2.28. The number of aryl methyl sites for hydroxylation is 1. The van der Waals surface area contributed by atoms with Crippen molar-refractivity contribution in [3.05, 3.63) is 41.7 Å². The number of carbonyl (C=O) groups is 1. The summed E-state index contributed by atoms with van der Waals surface area (Å²) in [5.74, 6) is 0.388. The number of imidazole rings is 1. The molecule has 0 bridgehead atoms. The van der Waals surface area contributed by atoms with E-state index in [2.05, 4.69) is 70.8 Å². The topological polar surface area (TPSA) is 96.7 Å². The number of ether oxygens (including phenoxy) is 1. The fraction of sp³-hybridized carbons (Fsp3) is 0.600. The Labute approximate surface area is 244 Å². The van der Waals surface area contributed by atoms with Gasteiger partial charge in [0.15, 0.2) is 11.5 Å². The summed E-state index contributed by atoms with van der Waals surface area (Å²) in [6, 6.07) is 2.05. The van der Waals surface area contributed by atoms with Crippen molar-refractivity contribution in [2.45, 2.75) is 93.7 Å². The standard InChI is InChI=1S/C26H39N7O2S.C4H10/c1-9-19(12-27-8)21-13-28-24-23(29-18(5)14-33(21)24)30-22-11-20(31-36-22)15-32(10-2)26(6,7)16-35-25(34)17(3)4;1-3-4-2/h11-14,17,27H,9-10,15-16H2,1-8H3,(H,29,30);3-4H2,1-2H3/b19-12+;. The van der Waals surface area contributed by atoms with Crippen LogP contribution >= 0.6 is 11.5 Å². The summed E-state index contributed by atoms with van der Waals surface area (Å²) in [6.07, 6.45) is 9.43. The van der Waals surface area contributed by atoms with Crippen LogP contribution in [0, 0.1) is 12.8 Å². The van der Waals surface area contributed by atoms with Crippen molar-refractivity contribution in [3.63, 3.8) is 0 Å². The third-order valence-electron chi connectivity index (χ3n) is 6.57. The zero-order valence-corrected chi connectivity index (χ0v) is 26.9. The van der Waals surface area contributed by atoms with E-state index in [0.717, 1.165) is 40.7 Å². The number of carbonyl (C=O) groups excluding carboxylic acids is 1. The van der Waals surface area contributed by atoms with Crippen molar-refractivity contribution >= 4 is 39.5 Å². The Bertz CT molecular complexity index is 1240. The molecule has 0 fully saturated rings. The Morgan fingerprint density at radius 1 is 1.23 bits per heavy atom. The lowest BCUT2D eigenvalue weighted by Crippen LogP contribution is -2.47. The van der Waals surface area contributed by atoms with E-state index in [1.165, 1.54) is 29.9 Å². The molecule has 0 saturated carbocycles. The smallest absolute Gasteiger partial charge is 0.308 e. The van der Waals surface area contributed by atoms with E-state index in [1.54, 1.807) is 0 Å². The Balaban J connectivity index is 0.00000131. The van der Waals surface area contributed by atoms with Crippen LogP contribution in [-0.2, 0) is 16.1 Å². The molecule has 0 atom stereocenters. The highest BCUT2D eigenvalue weighted by Gasteiger charge is 2.28. The first-order valence-corrected chi connectivity index (χ1v) is 15.1. The van der Waals surface area contributed by atoms with Gasteiger partial charge in [0.1, 0.15) is 11.6 Å². The summed E-state index contributed by atoms with van der Waals surface area (Å²) in [5.41, 5.74) is 4.51. The van der Waals surface area contributed by atoms with Gasteiger partial charge in [-0.2, -0.15) is 4.37 Å². The number of esters is 1. The van der Waals surface area contributed by atoms with Crippen molar-refractivity contribution in [2.24, 2.45) is 5.92 Å². The summed E-state index contributed by atoms with van der Waals surface area (Å²) in [6.45, 7) is 20.2. The Kier molecular flexibility index (Phi) is 13.1. The fourth-order valence-corrected chi connectivity index (χ4v) is 4.64. The molecule has 3 aromatic rings. The van der Waals surface area contributed by atoms with Gasteiger partial charge in [0, 0.05) is 31.5 Å². The van der Waals surface area contributed by atoms with Crippen LogP contribution in [0.15, 0.2) is 24.7 Å². The van der Waals surface area contributed by atoms with E-state index >= 15 is 0 Å². The molecule has 3 aromatic heterocycles. The van der Waals surface area contributed by atoms with Crippen LogP contribution in [0.5, 0.6) is 0 Å². The van der Waals surface area contributed by atoms with Crippen LogP contribution in [0.1, 0.15) is 91.7 Å². The minimum atomic E-state index is -0.315. The van der Waals surface area contributed by atoms with Gasteiger partial charge in [-0.1, -0.05) is 54.4 Å². The number of nitrogens with one attached hydrogen (secondary N) is 2. The van der Waals surface area contributed by atoms with Crippen molar-refractivity contribution in [3.8, 4) is 0 Å². The number of likely N-dealkylation sites (N-methyl/N-ethyl adjacent to an activating group) is 1. The minimum absolute atomic E-state index is 0.135. The zero-order valence-electron chi connectivity index (χ0n) is 26.1. The van der Waals surface area contributed by atoms with Gasteiger partial charge in [-0.25, -0.2) is 9.97 Å². The number of allylic oxidation sites excluding steroid dienone is 1. The largest absolute Gasteiger partial charge is 0.464 e. The normalized spacial score (nSPS) is 12.1. The molecule has 3 heterocycles. The van der Waals surface area contributed by atoms with E-state index in [0.29, 0.717) is 19.0 Å². The van der Waals surface area contributed by atoms with Gasteiger partial charge in [0.25, 0.3) is 0 Å². The molecule has 0 amide bonds. The van der Waals surface area contributed by atoms with E-state index < -0.39 is 0 Å². The van der Waals surface area contributed by atoms with E-state index in [-0.39, 0.29) is 17.4 Å². The Morgan fingerprint density at radius 3 is 2.50 bits per heavy atom. The van der Waals surface area contributed by atoms with Gasteiger partial charge in [0.05, 0.1) is 29.2 Å². The molecule has 0 aliphatic carbocycles. The van der Waals surface area contributed by atoms with Crippen molar-refractivity contribution in [2.75, 3.05) is 25.5 Å². The van der Waals surface area contributed by atoms with Crippen LogP contribution < -0.4 is 10.6 Å². The van der Waals surface area contributed by atoms with Gasteiger partial charge < -0.3 is 15.4 Å². The molecule has 0 radical (unpaired) electrons. The quantitative estimate of drug-likeness (QED) is 0.216. The molecule has 2 N–H and O–H groups in total. The average Bonchev–Trinajstić information content (AvgIpc) is 3.55. The van der Waals surface area contributed by atoms with Crippen molar-refractivity contribution in [1.29, 1.82) is 0 Å². The second kappa shape index (κ2) is 15.7. The molecule has 0 unspecified atom stereocenters. The fourth-order valence-electron chi connectivity index (χ4n) is 3.98. The molecule has 222 valence electrons. The Hall–Kier alpha value is -2.98. The first kappa shape index (κ1) is 33.2. The first-order valence-electron chi connectivity index (χ1n) is 14.4. The predicted octanol–water partition coefficient (Wildman–Crippen LogP) is 6.81. The number of anilines is 2. The first-order chi connectivity index (χ1) is 19.0. The summed E-state index contributed by atoms with van der Waals surface area (Å²) in [7, 11) is 1.90. The van der Waals surface area contributed by atoms with Crippen molar-refractivity contribution < 1.29 is 9.53 Å². The third kappa shape index (κ3) is 9.02. The SMILES string of the molecule is CC/C(=C\NC)c1cnc2c(Nc3cc(CN(CC)C(C)(C)COC(=O)C(C)C)ns3)nc(C)cn12.CCCC. The van der Waals surface area contributed by atoms with Crippen LogP contribution in [0.4, 0.5) is 10.8 Å². The zero-order chi connectivity index (χ0) is 29.9. The average molecular weight is 572 g/mol. The number of nitrogens with zero attached hydrogens (tertiary/aromatic N) is 5. The maximum atomic E-state index is 12.0. The third-order valence-corrected chi connectivity index (χ3v) is 7.31. The van der Waals surface area contributed by atoms with E-state index in [4.69, 9.17) is 9.72 Å². The number of rotatable bonds is 13. The molecule has 0 saturated heterocycles. The second-order valence-corrected chi connectivity index (χ2v) is 11.6. The summed E-state index contributed by atoms with van der Waals surface area (Å²) in [5, 5.41) is 7.45. The molecule has 0 aliphatic heterocycles. The number of aromatic nitrogens is 4. The van der Waals surface area contributed by atoms with Gasteiger partial charge >= 0.3 is 5.97 Å². The van der Waals surface area contributed by atoms with E-state index in [1.807, 2.05) is 52.5 Å². The van der Waals surface area contributed by atoms with Crippen LogP contribution in [0.25, 0.3) is 11.2 Å². The molecule has 0 aliphatic rings. The second-order valence-electron chi connectivity index (χ2n) is 10.8. The molecular formula is C30H49N7O2S. The number of unbranched alkanes of at least 4 members (excludes halogenated alkanes) is 1. The summed E-state index contributed by atoms with van der Waals surface area (Å²) < 4.78 is 12.3. The summed E-state index contributed by atoms with van der Waals surface area (Å²) in [4.78, 5) is 23.6. The lowest BCUT2D eigenvalue weighted by atomic mass is 10.0. The highest BCUT2D eigenvalue weighted by atomic mass is 32.1. The lowest BCUT2D eigenvalue weighted by molar-refractivity contribution is -0.151. The molecular weight excluding hydrogens is 522 g/mol. The molecule has 0 aromatic carbocycles. The minimum Gasteiger partial charge on any atom is -0.464 e. The molecule has 10 heteroatoms. The van der Waals surface area contributed by atoms with Gasteiger partial charge in [-0.3, -0.25) is 14.1 Å². The number of hydrogen-bond donors (Lipinski definition) is 2. The number of fused-ring (bicyclic) bond motifs is 1. The van der Waals surface area contributed by atoms with Crippen LogP contribution in [-0.4, -0.2) is 55.3 Å². The van der Waals surface area contributed by atoms with Crippen LogP contribution in [0.3, 0.4) is 0 Å². The predicted molar refractivity (Wildman–Crippen MR) is 167 cm³/mol. The lowest BCUT2D eigenvalue weighted by Gasteiger charge is -2.37. The highest BCUT2D eigenvalue weighted by molar-refractivity contribution is 7.10.